The largest absolute Gasteiger partial charge is 0.375 e. The van der Waals surface area contributed by atoms with E-state index in [9.17, 15) is 0 Å². The Labute approximate surface area is 76.9 Å². The smallest absolute Gasteiger partial charge is 0.0725 e. The summed E-state index contributed by atoms with van der Waals surface area (Å²) < 4.78 is 5.57. The Morgan fingerprint density at radius 3 is 2.25 bits per heavy atom. The lowest BCUT2D eigenvalue weighted by atomic mass is 10.1. The lowest BCUT2D eigenvalue weighted by Gasteiger charge is -2.32. The Kier molecular flexibility index (Phi) is 6.39. The van der Waals surface area contributed by atoms with Gasteiger partial charge in [0, 0.05) is 13.1 Å². The van der Waals surface area contributed by atoms with Crippen molar-refractivity contribution in [3.8, 4) is 0 Å². The van der Waals surface area contributed by atoms with Gasteiger partial charge < -0.3 is 9.64 Å². The Hall–Kier alpha value is -0.0800. The highest BCUT2D eigenvalue weighted by Crippen LogP contribution is 2.11. The molecule has 1 saturated heterocycles. The third-order valence-electron chi connectivity index (χ3n) is 2.04. The summed E-state index contributed by atoms with van der Waals surface area (Å²) in [6.45, 7) is 11.5. The molecule has 0 N–H and O–H groups in total. The standard InChI is InChI=1S/C8H17NO.C2H6/c1-7(2)8-6-9(3)4-5-10-8;1-2/h7-8H,4-6H2,1-3H3;1-2H3. The van der Waals surface area contributed by atoms with E-state index in [0.29, 0.717) is 12.0 Å². The number of hydrogen-bond acceptors (Lipinski definition) is 2. The van der Waals surface area contributed by atoms with E-state index in [4.69, 9.17) is 4.74 Å². The van der Waals surface area contributed by atoms with Gasteiger partial charge in [0.2, 0.25) is 0 Å². The Balaban J connectivity index is 0.000000561. The molecule has 0 aromatic carbocycles. The highest BCUT2D eigenvalue weighted by atomic mass is 16.5. The van der Waals surface area contributed by atoms with Gasteiger partial charge in [0.1, 0.15) is 0 Å². The van der Waals surface area contributed by atoms with Crippen LogP contribution in [0.5, 0.6) is 0 Å². The molecule has 12 heavy (non-hydrogen) atoms. The second kappa shape index (κ2) is 6.44. The summed E-state index contributed by atoms with van der Waals surface area (Å²) in [6, 6.07) is 0. The average Bonchev–Trinajstić information content (AvgIpc) is 2.08. The first-order valence-electron chi connectivity index (χ1n) is 5.00. The number of morpholine rings is 1. The average molecular weight is 173 g/mol. The van der Waals surface area contributed by atoms with Gasteiger partial charge in [-0.15, -0.1) is 0 Å². The summed E-state index contributed by atoms with van der Waals surface area (Å²) in [5.74, 6) is 0.655. The third-order valence-corrected chi connectivity index (χ3v) is 2.04. The van der Waals surface area contributed by atoms with Gasteiger partial charge in [0.15, 0.2) is 0 Å². The van der Waals surface area contributed by atoms with Crippen molar-refractivity contribution in [2.45, 2.75) is 33.8 Å². The summed E-state index contributed by atoms with van der Waals surface area (Å²) in [7, 11) is 2.15. The third kappa shape index (κ3) is 4.07. The zero-order valence-corrected chi connectivity index (χ0v) is 9.13. The molecule has 0 aromatic heterocycles. The highest BCUT2D eigenvalue weighted by molar-refractivity contribution is 4.70. The molecular weight excluding hydrogens is 150 g/mol. The maximum Gasteiger partial charge on any atom is 0.0725 e. The van der Waals surface area contributed by atoms with Crippen molar-refractivity contribution in [1.29, 1.82) is 0 Å². The topological polar surface area (TPSA) is 12.5 Å². The van der Waals surface area contributed by atoms with Gasteiger partial charge >= 0.3 is 0 Å². The SMILES string of the molecule is CC.CC(C)C1CN(C)CCO1. The number of hydrogen-bond donors (Lipinski definition) is 0. The van der Waals surface area contributed by atoms with E-state index in [1.807, 2.05) is 13.8 Å². The summed E-state index contributed by atoms with van der Waals surface area (Å²) in [6.07, 6.45) is 0.457. The first kappa shape index (κ1) is 11.9. The van der Waals surface area contributed by atoms with Gasteiger partial charge in [-0.3, -0.25) is 0 Å². The molecule has 74 valence electrons. The van der Waals surface area contributed by atoms with Crippen LogP contribution in [0.2, 0.25) is 0 Å². The van der Waals surface area contributed by atoms with E-state index in [2.05, 4.69) is 25.8 Å². The van der Waals surface area contributed by atoms with Crippen molar-refractivity contribution in [2.75, 3.05) is 26.7 Å². The number of rotatable bonds is 1. The molecule has 0 radical (unpaired) electrons. The molecule has 0 aromatic rings. The molecule has 0 spiro atoms. The maximum absolute atomic E-state index is 5.57. The van der Waals surface area contributed by atoms with Crippen LogP contribution in [0.25, 0.3) is 0 Å². The van der Waals surface area contributed by atoms with E-state index in [1.54, 1.807) is 0 Å². The summed E-state index contributed by atoms with van der Waals surface area (Å²) in [5, 5.41) is 0. The predicted molar refractivity (Wildman–Crippen MR) is 53.4 cm³/mol. The fourth-order valence-electron chi connectivity index (χ4n) is 1.21. The lowest BCUT2D eigenvalue weighted by Crippen LogP contribution is -2.42. The van der Waals surface area contributed by atoms with E-state index >= 15 is 0 Å². The highest BCUT2D eigenvalue weighted by Gasteiger charge is 2.19. The van der Waals surface area contributed by atoms with E-state index in [-0.39, 0.29) is 0 Å². The predicted octanol–water partition coefficient (Wildman–Crippen LogP) is 2.00. The first-order valence-corrected chi connectivity index (χ1v) is 5.00. The Bertz CT molecular complexity index is 104. The number of nitrogens with zero attached hydrogens (tertiary/aromatic N) is 1. The van der Waals surface area contributed by atoms with Crippen LogP contribution >= 0.6 is 0 Å². The van der Waals surface area contributed by atoms with Gasteiger partial charge in [-0.05, 0) is 13.0 Å². The zero-order chi connectivity index (χ0) is 9.56. The van der Waals surface area contributed by atoms with Gasteiger partial charge in [0.05, 0.1) is 12.7 Å². The summed E-state index contributed by atoms with van der Waals surface area (Å²) >= 11 is 0. The normalized spacial score (nSPS) is 25.0. The maximum atomic E-state index is 5.57. The van der Waals surface area contributed by atoms with Crippen LogP contribution in [-0.4, -0.2) is 37.7 Å². The van der Waals surface area contributed by atoms with Crippen LogP contribution in [-0.2, 0) is 4.74 Å². The van der Waals surface area contributed by atoms with Gasteiger partial charge in [-0.1, -0.05) is 27.7 Å². The Morgan fingerprint density at radius 1 is 1.33 bits per heavy atom. The molecule has 2 nitrogen and oxygen atoms in total. The van der Waals surface area contributed by atoms with Crippen LogP contribution in [0.15, 0.2) is 0 Å². The minimum Gasteiger partial charge on any atom is -0.375 e. The monoisotopic (exact) mass is 173 g/mol. The second-order valence-electron chi connectivity index (χ2n) is 3.42. The van der Waals surface area contributed by atoms with E-state index in [1.165, 1.54) is 0 Å². The van der Waals surface area contributed by atoms with Crippen molar-refractivity contribution in [3.05, 3.63) is 0 Å². The molecule has 1 aliphatic rings. The van der Waals surface area contributed by atoms with Crippen molar-refractivity contribution in [1.82, 2.24) is 4.90 Å². The van der Waals surface area contributed by atoms with Crippen molar-refractivity contribution < 1.29 is 4.74 Å². The molecule has 1 fully saturated rings. The van der Waals surface area contributed by atoms with Crippen molar-refractivity contribution in [2.24, 2.45) is 5.92 Å². The van der Waals surface area contributed by atoms with Crippen LogP contribution in [0.3, 0.4) is 0 Å². The van der Waals surface area contributed by atoms with Crippen LogP contribution in [0.4, 0.5) is 0 Å². The molecule has 0 aliphatic carbocycles. The molecule has 1 rings (SSSR count). The second-order valence-corrected chi connectivity index (χ2v) is 3.42. The summed E-state index contributed by atoms with van der Waals surface area (Å²) in [5.41, 5.74) is 0. The Morgan fingerprint density at radius 2 is 1.92 bits per heavy atom. The molecule has 1 unspecified atom stereocenters. The van der Waals surface area contributed by atoms with Gasteiger partial charge in [0.25, 0.3) is 0 Å². The van der Waals surface area contributed by atoms with Crippen LogP contribution in [0, 0.1) is 5.92 Å². The molecule has 1 atom stereocenters. The van der Waals surface area contributed by atoms with Gasteiger partial charge in [-0.2, -0.15) is 0 Å². The minimum absolute atomic E-state index is 0.457. The first-order chi connectivity index (χ1) is 5.70. The molecule has 1 heterocycles. The molecule has 2 heteroatoms. The van der Waals surface area contributed by atoms with Gasteiger partial charge in [-0.25, -0.2) is 0 Å². The molecule has 0 saturated carbocycles. The van der Waals surface area contributed by atoms with E-state index < -0.39 is 0 Å². The molecule has 1 aliphatic heterocycles. The van der Waals surface area contributed by atoms with Crippen LogP contribution in [0.1, 0.15) is 27.7 Å². The minimum atomic E-state index is 0.457. The quantitative estimate of drug-likeness (QED) is 0.601. The zero-order valence-electron chi connectivity index (χ0n) is 9.13. The van der Waals surface area contributed by atoms with E-state index in [0.717, 1.165) is 19.7 Å². The number of ether oxygens (including phenoxy) is 1. The summed E-state index contributed by atoms with van der Waals surface area (Å²) in [4.78, 5) is 2.33. The molecule has 0 bridgehead atoms. The molecule has 0 amide bonds. The van der Waals surface area contributed by atoms with Crippen molar-refractivity contribution >= 4 is 0 Å². The number of likely N-dealkylation sites (N-methyl/N-ethyl adjacent to an activating group) is 1. The fourth-order valence-corrected chi connectivity index (χ4v) is 1.21. The fraction of sp³-hybridized carbons (Fsp3) is 1.00. The lowest BCUT2D eigenvalue weighted by molar-refractivity contribution is -0.0424. The molecular formula is C10H23NO. The van der Waals surface area contributed by atoms with Crippen molar-refractivity contribution in [3.63, 3.8) is 0 Å². The van der Waals surface area contributed by atoms with Crippen LogP contribution < -0.4 is 0 Å².